The number of likely N-dealkylation sites (N-methyl/N-ethyl adjacent to an activating group) is 1. The van der Waals surface area contributed by atoms with E-state index in [1.807, 2.05) is 24.1 Å². The second-order valence-electron chi connectivity index (χ2n) is 6.31. The third-order valence-corrected chi connectivity index (χ3v) is 4.92. The van der Waals surface area contributed by atoms with Crippen LogP contribution in [0.3, 0.4) is 0 Å². The zero-order chi connectivity index (χ0) is 15.5. The van der Waals surface area contributed by atoms with E-state index < -0.39 is 0 Å². The van der Waals surface area contributed by atoms with Crippen molar-refractivity contribution >= 4 is 11.7 Å². The number of anilines is 1. The molecule has 1 amide bonds. The number of aromatic nitrogens is 1. The fourth-order valence-corrected chi connectivity index (χ4v) is 3.26. The number of carbonyl (C=O) groups excluding carboxylic acids is 1. The molecule has 1 unspecified atom stereocenters. The topological polar surface area (TPSA) is 60.2 Å². The Hall–Kier alpha value is -2.09. The Morgan fingerprint density at radius 3 is 2.86 bits per heavy atom. The van der Waals surface area contributed by atoms with Crippen molar-refractivity contribution < 1.29 is 4.79 Å². The van der Waals surface area contributed by atoms with Crippen LogP contribution in [0.5, 0.6) is 0 Å². The molecule has 0 bridgehead atoms. The summed E-state index contributed by atoms with van der Waals surface area (Å²) in [5.74, 6) is 1.39. The summed E-state index contributed by atoms with van der Waals surface area (Å²) >= 11 is 0. The molecule has 1 aromatic heterocycles. The largest absolute Gasteiger partial charge is 0.355 e. The molecule has 5 nitrogen and oxygen atoms in total. The lowest BCUT2D eigenvalue weighted by molar-refractivity contribution is -0.139. The van der Waals surface area contributed by atoms with Gasteiger partial charge in [-0.05, 0) is 37.8 Å². The SMILES string of the molecule is CN(C(=O)C1CCC1)C1CCCN(c2cccc(C#N)n2)C1. The zero-order valence-corrected chi connectivity index (χ0v) is 13.0. The van der Waals surface area contributed by atoms with Gasteiger partial charge in [-0.2, -0.15) is 5.26 Å². The maximum absolute atomic E-state index is 12.4. The molecular formula is C17H22N4O. The van der Waals surface area contributed by atoms with Gasteiger partial charge in [-0.15, -0.1) is 0 Å². The van der Waals surface area contributed by atoms with Crippen LogP contribution in [0.25, 0.3) is 0 Å². The van der Waals surface area contributed by atoms with E-state index in [-0.39, 0.29) is 12.0 Å². The van der Waals surface area contributed by atoms with Crippen molar-refractivity contribution in [1.82, 2.24) is 9.88 Å². The Labute approximate surface area is 131 Å². The summed E-state index contributed by atoms with van der Waals surface area (Å²) < 4.78 is 0. The van der Waals surface area contributed by atoms with Crippen molar-refractivity contribution in [1.29, 1.82) is 5.26 Å². The molecule has 116 valence electrons. The van der Waals surface area contributed by atoms with Gasteiger partial charge in [0.2, 0.25) is 5.91 Å². The lowest BCUT2D eigenvalue weighted by Crippen LogP contribution is -2.51. The van der Waals surface area contributed by atoms with E-state index in [0.29, 0.717) is 11.6 Å². The summed E-state index contributed by atoms with van der Waals surface area (Å²) in [5.41, 5.74) is 0.443. The van der Waals surface area contributed by atoms with Crippen molar-refractivity contribution in [2.45, 2.75) is 38.1 Å². The number of hydrogen-bond acceptors (Lipinski definition) is 4. The highest BCUT2D eigenvalue weighted by Gasteiger charge is 2.33. The third kappa shape index (κ3) is 2.92. The lowest BCUT2D eigenvalue weighted by Gasteiger charge is -2.40. The number of amides is 1. The van der Waals surface area contributed by atoms with Gasteiger partial charge in [0, 0.05) is 32.1 Å². The Bertz CT molecular complexity index is 591. The Morgan fingerprint density at radius 2 is 2.18 bits per heavy atom. The van der Waals surface area contributed by atoms with Gasteiger partial charge in [0.25, 0.3) is 0 Å². The molecule has 1 saturated heterocycles. The van der Waals surface area contributed by atoms with Gasteiger partial charge >= 0.3 is 0 Å². The molecule has 22 heavy (non-hydrogen) atoms. The van der Waals surface area contributed by atoms with Crippen LogP contribution in [-0.4, -0.2) is 42.0 Å². The minimum atomic E-state index is 0.245. The fraction of sp³-hybridized carbons (Fsp3) is 0.588. The number of pyridine rings is 1. The minimum absolute atomic E-state index is 0.245. The monoisotopic (exact) mass is 298 g/mol. The molecule has 1 aliphatic carbocycles. The first-order valence-corrected chi connectivity index (χ1v) is 8.08. The number of nitrogens with zero attached hydrogens (tertiary/aromatic N) is 4. The second kappa shape index (κ2) is 6.35. The smallest absolute Gasteiger partial charge is 0.225 e. The summed E-state index contributed by atoms with van der Waals surface area (Å²) in [7, 11) is 1.94. The van der Waals surface area contributed by atoms with Crippen LogP contribution in [0, 0.1) is 17.2 Å². The number of nitriles is 1. The molecule has 0 radical (unpaired) electrons. The van der Waals surface area contributed by atoms with Crippen LogP contribution in [0.2, 0.25) is 0 Å². The summed E-state index contributed by atoms with van der Waals surface area (Å²) in [6.07, 6.45) is 5.37. The maximum Gasteiger partial charge on any atom is 0.225 e. The van der Waals surface area contributed by atoms with Gasteiger partial charge in [0.1, 0.15) is 17.6 Å². The quantitative estimate of drug-likeness (QED) is 0.858. The van der Waals surface area contributed by atoms with Crippen LogP contribution in [0.15, 0.2) is 18.2 Å². The molecule has 0 aromatic carbocycles. The standard InChI is InChI=1S/C17H22N4O/c1-20(17(22)13-5-2-6-13)15-8-4-10-21(12-15)16-9-3-7-14(11-18)19-16/h3,7,9,13,15H,2,4-6,8,10,12H2,1H3. The molecule has 0 N–H and O–H groups in total. The number of hydrogen-bond donors (Lipinski definition) is 0. The van der Waals surface area contributed by atoms with Crippen LogP contribution in [0.4, 0.5) is 5.82 Å². The van der Waals surface area contributed by atoms with Crippen LogP contribution in [0.1, 0.15) is 37.8 Å². The molecular weight excluding hydrogens is 276 g/mol. The number of rotatable bonds is 3. The van der Waals surface area contributed by atoms with Crippen molar-refractivity contribution in [2.24, 2.45) is 5.92 Å². The molecule has 2 heterocycles. The summed E-state index contributed by atoms with van der Waals surface area (Å²) in [5, 5.41) is 8.98. The number of piperidine rings is 1. The fourth-order valence-electron chi connectivity index (χ4n) is 3.26. The van der Waals surface area contributed by atoms with Gasteiger partial charge in [0.15, 0.2) is 0 Å². The van der Waals surface area contributed by atoms with Crippen molar-refractivity contribution in [3.05, 3.63) is 23.9 Å². The van der Waals surface area contributed by atoms with E-state index in [4.69, 9.17) is 5.26 Å². The highest BCUT2D eigenvalue weighted by atomic mass is 16.2. The summed E-state index contributed by atoms with van der Waals surface area (Å²) in [4.78, 5) is 20.9. The van der Waals surface area contributed by atoms with Crippen molar-refractivity contribution in [3.63, 3.8) is 0 Å². The first-order chi connectivity index (χ1) is 10.7. The van der Waals surface area contributed by atoms with E-state index in [2.05, 4.69) is 16.0 Å². The zero-order valence-electron chi connectivity index (χ0n) is 13.0. The van der Waals surface area contributed by atoms with Gasteiger partial charge in [-0.3, -0.25) is 4.79 Å². The highest BCUT2D eigenvalue weighted by Crippen LogP contribution is 2.30. The summed E-state index contributed by atoms with van der Waals surface area (Å²) in [6.45, 7) is 1.74. The van der Waals surface area contributed by atoms with Crippen molar-refractivity contribution in [3.8, 4) is 6.07 Å². The van der Waals surface area contributed by atoms with Crippen LogP contribution >= 0.6 is 0 Å². The average Bonchev–Trinajstić information content (AvgIpc) is 2.52. The minimum Gasteiger partial charge on any atom is -0.355 e. The third-order valence-electron chi connectivity index (χ3n) is 4.92. The Morgan fingerprint density at radius 1 is 1.36 bits per heavy atom. The van der Waals surface area contributed by atoms with Crippen molar-refractivity contribution in [2.75, 3.05) is 25.0 Å². The Kier molecular flexibility index (Phi) is 4.28. The predicted molar refractivity (Wildman–Crippen MR) is 84.3 cm³/mol. The number of carbonyl (C=O) groups is 1. The van der Waals surface area contributed by atoms with Crippen LogP contribution < -0.4 is 4.90 Å². The first kappa shape index (κ1) is 14.8. The van der Waals surface area contributed by atoms with Gasteiger partial charge in [0.05, 0.1) is 0 Å². The van der Waals surface area contributed by atoms with E-state index in [0.717, 1.165) is 44.6 Å². The van der Waals surface area contributed by atoms with Crippen LogP contribution in [-0.2, 0) is 4.79 Å². The molecule has 1 atom stereocenters. The van der Waals surface area contributed by atoms with Gasteiger partial charge in [-0.25, -0.2) is 4.98 Å². The second-order valence-corrected chi connectivity index (χ2v) is 6.31. The molecule has 2 aliphatic rings. The first-order valence-electron chi connectivity index (χ1n) is 8.08. The average molecular weight is 298 g/mol. The van der Waals surface area contributed by atoms with E-state index >= 15 is 0 Å². The molecule has 1 aliphatic heterocycles. The molecule has 3 rings (SSSR count). The highest BCUT2D eigenvalue weighted by molar-refractivity contribution is 5.79. The van der Waals surface area contributed by atoms with E-state index in [9.17, 15) is 4.79 Å². The molecule has 1 saturated carbocycles. The molecule has 0 spiro atoms. The lowest BCUT2D eigenvalue weighted by atomic mass is 9.84. The van der Waals surface area contributed by atoms with Gasteiger partial charge < -0.3 is 9.80 Å². The van der Waals surface area contributed by atoms with E-state index in [1.54, 1.807) is 6.07 Å². The molecule has 5 heteroatoms. The molecule has 1 aromatic rings. The molecule has 2 fully saturated rings. The van der Waals surface area contributed by atoms with Gasteiger partial charge in [-0.1, -0.05) is 12.5 Å². The maximum atomic E-state index is 12.4. The van der Waals surface area contributed by atoms with E-state index in [1.165, 1.54) is 6.42 Å². The summed E-state index contributed by atoms with van der Waals surface area (Å²) in [6, 6.07) is 7.86. The predicted octanol–water partition coefficient (Wildman–Crippen LogP) is 2.18. The normalized spacial score (nSPS) is 21.8. The Balaban J connectivity index is 1.68.